The molecule has 15 heteroatoms. The van der Waals surface area contributed by atoms with Crippen LogP contribution in [0.5, 0.6) is 0 Å². The van der Waals surface area contributed by atoms with Crippen LogP contribution in [0.25, 0.3) is 10.9 Å². The van der Waals surface area contributed by atoms with Gasteiger partial charge < -0.3 is 49.7 Å². The molecule has 0 aliphatic heterocycles. The van der Waals surface area contributed by atoms with Crippen LogP contribution in [0.3, 0.4) is 0 Å². The van der Waals surface area contributed by atoms with Crippen LogP contribution < -0.4 is 26.2 Å². The summed E-state index contributed by atoms with van der Waals surface area (Å²) in [5, 5.41) is 12.5. The average molecular weight is 821 g/mol. The molecule has 324 valence electrons. The zero-order valence-electron chi connectivity index (χ0n) is 35.1. The fraction of sp³-hybridized carbons (Fsp3) is 0.568. The second-order valence-corrected chi connectivity index (χ2v) is 14.5. The Kier molecular flexibility index (Phi) is 20.5. The minimum absolute atomic E-state index is 0.0381. The van der Waals surface area contributed by atoms with Crippen molar-refractivity contribution in [2.24, 2.45) is 5.92 Å². The number of rotatable bonds is 25. The van der Waals surface area contributed by atoms with Gasteiger partial charge in [0.1, 0.15) is 18.8 Å². The van der Waals surface area contributed by atoms with Gasteiger partial charge in [0.05, 0.1) is 33.0 Å². The smallest absolute Gasteiger partial charge is 0.407 e. The van der Waals surface area contributed by atoms with E-state index in [1.54, 1.807) is 11.8 Å². The summed E-state index contributed by atoms with van der Waals surface area (Å²) >= 11 is 0. The molecule has 4 N–H and O–H groups in total. The zero-order chi connectivity index (χ0) is 42.2. The lowest BCUT2D eigenvalue weighted by Gasteiger charge is -2.28. The maximum absolute atomic E-state index is 13.7. The number of alkyl carbamates (subject to hydrolysis) is 2. The second-order valence-electron chi connectivity index (χ2n) is 14.5. The topological polar surface area (TPSA) is 179 Å². The Labute approximate surface area is 348 Å². The van der Waals surface area contributed by atoms with E-state index in [1.165, 1.54) is 0 Å². The number of benzene rings is 2. The van der Waals surface area contributed by atoms with Crippen LogP contribution in [-0.2, 0) is 41.5 Å². The van der Waals surface area contributed by atoms with Gasteiger partial charge in [-0.3, -0.25) is 14.4 Å². The molecule has 0 bridgehead atoms. The van der Waals surface area contributed by atoms with E-state index in [2.05, 4.69) is 34.3 Å². The Balaban J connectivity index is 1.06. The maximum Gasteiger partial charge on any atom is 0.407 e. The van der Waals surface area contributed by atoms with E-state index in [1.807, 2.05) is 60.0 Å². The standard InChI is InChI=1S/C44H64N6O9/c1-4-33-14-13-16-37(30-33)49(5-2)40(51)32-50-38-17-10-9-15-35(38)31-39(50)42(53)48-36-20-18-34(19-21-36)41(52)45-22-11-7-8-12-23-46-44(55)59-29-28-57-27-26-56-25-24-47-43(54)58-6-3/h9-10,13-17,30-31,34,36H,4-8,11-12,18-29,32H2,1-3H3,(H,45,52)(H,46,55)(H,47,54)(H,48,53)/t34-,36-. The normalized spacial score (nSPS) is 15.0. The van der Waals surface area contributed by atoms with Gasteiger partial charge in [-0.2, -0.15) is 0 Å². The molecule has 59 heavy (non-hydrogen) atoms. The fourth-order valence-electron chi connectivity index (χ4n) is 7.12. The van der Waals surface area contributed by atoms with Crippen LogP contribution in [0.4, 0.5) is 15.3 Å². The molecule has 0 radical (unpaired) electrons. The molecule has 3 aromatic rings. The average Bonchev–Trinajstić information content (AvgIpc) is 3.61. The largest absolute Gasteiger partial charge is 0.450 e. The summed E-state index contributed by atoms with van der Waals surface area (Å²) in [4.78, 5) is 65.2. The number of hydrogen-bond acceptors (Lipinski definition) is 9. The maximum atomic E-state index is 13.7. The van der Waals surface area contributed by atoms with E-state index in [9.17, 15) is 24.0 Å². The SMILES string of the molecule is CCOC(=O)NCCOCCOCCOC(=O)NCCCCCCNC(=O)[C@H]1CC[C@H](NC(=O)c2cc3ccccc3n2CC(=O)N(CC)c2cccc(CC)c2)CC1. The molecule has 0 spiro atoms. The summed E-state index contributed by atoms with van der Waals surface area (Å²) < 4.78 is 22.4. The van der Waals surface area contributed by atoms with Gasteiger partial charge in [0.15, 0.2) is 0 Å². The molecule has 2 aromatic carbocycles. The van der Waals surface area contributed by atoms with Crippen molar-refractivity contribution in [3.8, 4) is 0 Å². The van der Waals surface area contributed by atoms with Crippen molar-refractivity contribution in [2.45, 2.75) is 91.1 Å². The van der Waals surface area contributed by atoms with E-state index in [0.29, 0.717) is 84.0 Å². The molecule has 1 aromatic heterocycles. The number of hydrogen-bond donors (Lipinski definition) is 4. The lowest BCUT2D eigenvalue weighted by Crippen LogP contribution is -2.42. The van der Waals surface area contributed by atoms with Gasteiger partial charge in [-0.1, -0.05) is 50.1 Å². The van der Waals surface area contributed by atoms with E-state index < -0.39 is 12.2 Å². The molecule has 5 amide bonds. The van der Waals surface area contributed by atoms with Crippen molar-refractivity contribution in [1.29, 1.82) is 0 Å². The number of carbonyl (C=O) groups excluding carboxylic acids is 5. The lowest BCUT2D eigenvalue weighted by molar-refractivity contribution is -0.126. The highest BCUT2D eigenvalue weighted by Gasteiger charge is 2.28. The Bertz CT molecular complexity index is 1770. The van der Waals surface area contributed by atoms with Gasteiger partial charge in [-0.05, 0) is 88.6 Å². The van der Waals surface area contributed by atoms with Crippen LogP contribution in [0.15, 0.2) is 54.6 Å². The number of aromatic nitrogens is 1. The minimum Gasteiger partial charge on any atom is -0.450 e. The molecule has 4 rings (SSSR count). The first kappa shape index (κ1) is 46.5. The van der Waals surface area contributed by atoms with Gasteiger partial charge in [-0.25, -0.2) is 9.59 Å². The number of nitrogens with zero attached hydrogens (tertiary/aromatic N) is 2. The molecule has 0 saturated heterocycles. The van der Waals surface area contributed by atoms with Gasteiger partial charge in [0, 0.05) is 54.7 Å². The van der Waals surface area contributed by atoms with Crippen molar-refractivity contribution in [3.63, 3.8) is 0 Å². The number of aryl methyl sites for hydroxylation is 1. The van der Waals surface area contributed by atoms with Crippen LogP contribution in [0.1, 0.15) is 88.2 Å². The Morgan fingerprint density at radius 2 is 1.39 bits per heavy atom. The minimum atomic E-state index is -0.487. The third-order valence-corrected chi connectivity index (χ3v) is 10.3. The number of likely N-dealkylation sites (N-methyl/N-ethyl adjacent to an activating group) is 1. The number of carbonyl (C=O) groups is 5. The monoisotopic (exact) mass is 820 g/mol. The summed E-state index contributed by atoms with van der Waals surface area (Å²) in [6.07, 6.45) is 6.21. The highest BCUT2D eigenvalue weighted by Crippen LogP contribution is 2.26. The number of anilines is 1. The van der Waals surface area contributed by atoms with Crippen LogP contribution in [0, 0.1) is 5.92 Å². The summed E-state index contributed by atoms with van der Waals surface area (Å²) in [5.41, 5.74) is 3.29. The van der Waals surface area contributed by atoms with Gasteiger partial charge >= 0.3 is 12.2 Å². The molecule has 1 aliphatic rings. The third-order valence-electron chi connectivity index (χ3n) is 10.3. The van der Waals surface area contributed by atoms with E-state index in [0.717, 1.165) is 54.3 Å². The Morgan fingerprint density at radius 1 is 0.712 bits per heavy atom. The Hall–Kier alpha value is -5.15. The molecule has 1 saturated carbocycles. The van der Waals surface area contributed by atoms with Crippen LogP contribution in [0.2, 0.25) is 0 Å². The van der Waals surface area contributed by atoms with E-state index >= 15 is 0 Å². The summed E-state index contributed by atoms with van der Waals surface area (Å²) in [7, 11) is 0. The van der Waals surface area contributed by atoms with E-state index in [4.69, 9.17) is 18.9 Å². The Morgan fingerprint density at radius 3 is 2.12 bits per heavy atom. The molecule has 15 nitrogen and oxygen atoms in total. The first-order chi connectivity index (χ1) is 28.7. The van der Waals surface area contributed by atoms with Crippen molar-refractivity contribution in [3.05, 3.63) is 65.9 Å². The van der Waals surface area contributed by atoms with Crippen LogP contribution >= 0.6 is 0 Å². The van der Waals surface area contributed by atoms with Gasteiger partial charge in [0.25, 0.3) is 5.91 Å². The summed E-state index contributed by atoms with van der Waals surface area (Å²) in [5.74, 6) is -0.328. The van der Waals surface area contributed by atoms with Gasteiger partial charge in [-0.15, -0.1) is 0 Å². The highest BCUT2D eigenvalue weighted by molar-refractivity contribution is 6.01. The van der Waals surface area contributed by atoms with E-state index in [-0.39, 0.29) is 49.4 Å². The number of ether oxygens (including phenoxy) is 4. The second kappa shape index (κ2) is 26.1. The quantitative estimate of drug-likeness (QED) is 0.0778. The first-order valence-electron chi connectivity index (χ1n) is 21.3. The van der Waals surface area contributed by atoms with Crippen molar-refractivity contribution >= 4 is 46.5 Å². The molecule has 0 unspecified atom stereocenters. The summed E-state index contributed by atoms with van der Waals surface area (Å²) in [6.45, 7) is 9.55. The predicted molar refractivity (Wildman–Crippen MR) is 226 cm³/mol. The van der Waals surface area contributed by atoms with Crippen molar-refractivity contribution in [1.82, 2.24) is 25.8 Å². The lowest BCUT2D eigenvalue weighted by atomic mass is 9.85. The molecule has 0 atom stereocenters. The molecule has 1 aliphatic carbocycles. The molecule has 1 heterocycles. The van der Waals surface area contributed by atoms with Crippen molar-refractivity contribution < 1.29 is 42.9 Å². The third kappa shape index (κ3) is 15.9. The zero-order valence-corrected chi connectivity index (χ0v) is 35.1. The fourth-order valence-corrected chi connectivity index (χ4v) is 7.12. The predicted octanol–water partition coefficient (Wildman–Crippen LogP) is 5.73. The highest BCUT2D eigenvalue weighted by atomic mass is 16.6. The number of nitrogens with one attached hydrogen (secondary N) is 4. The number of para-hydroxylation sites is 1. The molecular formula is C44H64N6O9. The van der Waals surface area contributed by atoms with Gasteiger partial charge in [0.2, 0.25) is 11.8 Å². The summed E-state index contributed by atoms with van der Waals surface area (Å²) in [6, 6.07) is 17.6. The number of amides is 5. The number of fused-ring (bicyclic) bond motifs is 1. The van der Waals surface area contributed by atoms with Crippen molar-refractivity contribution in [2.75, 3.05) is 70.7 Å². The number of unbranched alkanes of at least 4 members (excludes halogenated alkanes) is 3. The van der Waals surface area contributed by atoms with Crippen LogP contribution in [-0.4, -0.2) is 106 Å². The first-order valence-corrected chi connectivity index (χ1v) is 21.3. The molecule has 1 fully saturated rings. The molecular weight excluding hydrogens is 757 g/mol.